The van der Waals surface area contributed by atoms with E-state index in [9.17, 15) is 4.79 Å². The molecule has 0 aliphatic heterocycles. The van der Waals surface area contributed by atoms with Crippen molar-refractivity contribution in [3.8, 4) is 22.9 Å². The summed E-state index contributed by atoms with van der Waals surface area (Å²) in [5.41, 5.74) is 1.39. The number of benzene rings is 2. The van der Waals surface area contributed by atoms with E-state index in [2.05, 4.69) is 20.8 Å². The van der Waals surface area contributed by atoms with Gasteiger partial charge in [0.15, 0.2) is 5.82 Å². The molecule has 0 fully saturated rings. The molecule has 0 bridgehead atoms. The van der Waals surface area contributed by atoms with Gasteiger partial charge in [0.2, 0.25) is 0 Å². The highest BCUT2D eigenvalue weighted by atomic mass is 16.5. The van der Waals surface area contributed by atoms with Crippen molar-refractivity contribution < 1.29 is 18.7 Å². The monoisotopic (exact) mass is 445 g/mol. The zero-order chi connectivity index (χ0) is 23.0. The van der Waals surface area contributed by atoms with Gasteiger partial charge in [0.25, 0.3) is 5.91 Å². The van der Waals surface area contributed by atoms with Gasteiger partial charge >= 0.3 is 0 Å². The number of tetrazole rings is 1. The molecule has 9 heteroatoms. The summed E-state index contributed by atoms with van der Waals surface area (Å²) in [6.45, 7) is 4.70. The number of hydrogen-bond acceptors (Lipinski definition) is 7. The zero-order valence-electron chi connectivity index (χ0n) is 18.3. The van der Waals surface area contributed by atoms with E-state index >= 15 is 0 Å². The molecule has 2 aromatic carbocycles. The highest BCUT2D eigenvalue weighted by molar-refractivity contribution is 6.24. The van der Waals surface area contributed by atoms with E-state index in [0.29, 0.717) is 42.0 Å². The molecule has 168 valence electrons. The first-order valence-corrected chi connectivity index (χ1v) is 10.5. The Labute approximate surface area is 190 Å². The Hall–Kier alpha value is -4.40. The minimum Gasteiger partial charge on any atom is -0.494 e. The number of aromatic nitrogens is 4. The molecule has 2 heterocycles. The maximum Gasteiger partial charge on any atom is 0.274 e. The highest BCUT2D eigenvalue weighted by Gasteiger charge is 2.21. The standard InChI is InChI=1S/C24H23N5O4/c1-3-31-19-12-13-22(32-4-2)20(15-19)25-24(30)21(16-18-11-8-14-33-18)29-23(26-27-28-29)17-9-6-5-7-10-17/h5-16H,3-4H2,1-2H3,(H,25,30)/b21-16-. The number of anilines is 1. The lowest BCUT2D eigenvalue weighted by atomic mass is 10.2. The van der Waals surface area contributed by atoms with Gasteiger partial charge in [0, 0.05) is 17.7 Å². The Bertz CT molecular complexity index is 1230. The van der Waals surface area contributed by atoms with Crippen LogP contribution in [0.2, 0.25) is 0 Å². The van der Waals surface area contributed by atoms with Crippen LogP contribution in [0, 0.1) is 0 Å². The van der Waals surface area contributed by atoms with Crippen LogP contribution in [0.4, 0.5) is 5.69 Å². The molecule has 0 radical (unpaired) electrons. The fourth-order valence-electron chi connectivity index (χ4n) is 3.18. The fourth-order valence-corrected chi connectivity index (χ4v) is 3.18. The van der Waals surface area contributed by atoms with Crippen molar-refractivity contribution in [3.05, 3.63) is 72.7 Å². The Morgan fingerprint density at radius 1 is 1.06 bits per heavy atom. The molecule has 0 saturated heterocycles. The number of furan rings is 1. The lowest BCUT2D eigenvalue weighted by molar-refractivity contribution is -0.111. The van der Waals surface area contributed by atoms with Crippen LogP contribution in [0.15, 0.2) is 71.3 Å². The number of rotatable bonds is 9. The molecule has 1 amide bonds. The van der Waals surface area contributed by atoms with E-state index in [1.807, 2.05) is 44.2 Å². The van der Waals surface area contributed by atoms with Crippen molar-refractivity contribution in [2.45, 2.75) is 13.8 Å². The summed E-state index contributed by atoms with van der Waals surface area (Å²) in [7, 11) is 0. The lowest BCUT2D eigenvalue weighted by Gasteiger charge is -2.15. The number of amides is 1. The third kappa shape index (κ3) is 5.09. The van der Waals surface area contributed by atoms with Gasteiger partial charge in [0.05, 0.1) is 25.2 Å². The summed E-state index contributed by atoms with van der Waals surface area (Å²) in [5, 5.41) is 14.9. The van der Waals surface area contributed by atoms with Gasteiger partial charge in [-0.2, -0.15) is 4.68 Å². The summed E-state index contributed by atoms with van der Waals surface area (Å²) >= 11 is 0. The third-order valence-electron chi connectivity index (χ3n) is 4.59. The number of carbonyl (C=O) groups excluding carboxylic acids is 1. The van der Waals surface area contributed by atoms with Crippen LogP contribution in [0.25, 0.3) is 23.2 Å². The Morgan fingerprint density at radius 2 is 1.88 bits per heavy atom. The van der Waals surface area contributed by atoms with E-state index in [0.717, 1.165) is 5.56 Å². The molecule has 0 spiro atoms. The molecule has 0 aliphatic carbocycles. The second-order valence-corrected chi connectivity index (χ2v) is 6.80. The Morgan fingerprint density at radius 3 is 2.61 bits per heavy atom. The van der Waals surface area contributed by atoms with Crippen molar-refractivity contribution >= 4 is 23.4 Å². The molecule has 33 heavy (non-hydrogen) atoms. The Kier molecular flexibility index (Phi) is 6.79. The summed E-state index contributed by atoms with van der Waals surface area (Å²) < 4.78 is 18.1. The van der Waals surface area contributed by atoms with Crippen LogP contribution < -0.4 is 14.8 Å². The normalized spacial score (nSPS) is 11.3. The maximum absolute atomic E-state index is 13.5. The zero-order valence-corrected chi connectivity index (χ0v) is 18.3. The molecule has 4 rings (SSSR count). The number of ether oxygens (including phenoxy) is 2. The molecule has 0 unspecified atom stereocenters. The summed E-state index contributed by atoms with van der Waals surface area (Å²) in [4.78, 5) is 13.5. The number of nitrogens with one attached hydrogen (secondary N) is 1. The van der Waals surface area contributed by atoms with E-state index in [-0.39, 0.29) is 5.70 Å². The SMILES string of the molecule is CCOc1ccc(OCC)c(NC(=O)/C(=C/c2ccco2)n2nnnc2-c2ccccc2)c1. The van der Waals surface area contributed by atoms with Gasteiger partial charge in [-0.1, -0.05) is 30.3 Å². The molecule has 4 aromatic rings. The van der Waals surface area contributed by atoms with Gasteiger partial charge in [-0.25, -0.2) is 0 Å². The van der Waals surface area contributed by atoms with Crippen LogP contribution in [-0.4, -0.2) is 39.3 Å². The number of carbonyl (C=O) groups is 1. The fraction of sp³-hybridized carbons (Fsp3) is 0.167. The average Bonchev–Trinajstić information content (AvgIpc) is 3.52. The smallest absolute Gasteiger partial charge is 0.274 e. The molecule has 0 atom stereocenters. The quantitative estimate of drug-likeness (QED) is 0.382. The van der Waals surface area contributed by atoms with Crippen LogP contribution in [0.5, 0.6) is 11.5 Å². The molecule has 1 N–H and O–H groups in total. The van der Waals surface area contributed by atoms with Gasteiger partial charge in [-0.15, -0.1) is 5.10 Å². The maximum atomic E-state index is 13.5. The van der Waals surface area contributed by atoms with Crippen LogP contribution in [0.3, 0.4) is 0 Å². The van der Waals surface area contributed by atoms with E-state index in [4.69, 9.17) is 13.9 Å². The van der Waals surface area contributed by atoms with Crippen LogP contribution >= 0.6 is 0 Å². The number of nitrogens with zero attached hydrogens (tertiary/aromatic N) is 4. The van der Waals surface area contributed by atoms with E-state index in [1.165, 1.54) is 10.9 Å². The Balaban J connectivity index is 1.74. The largest absolute Gasteiger partial charge is 0.494 e. The molecule has 9 nitrogen and oxygen atoms in total. The van der Waals surface area contributed by atoms with Crippen molar-refractivity contribution in [2.75, 3.05) is 18.5 Å². The van der Waals surface area contributed by atoms with Crippen molar-refractivity contribution in [3.63, 3.8) is 0 Å². The predicted octanol–water partition coefficient (Wildman–Crippen LogP) is 4.37. The minimum atomic E-state index is -0.453. The first kappa shape index (κ1) is 21.8. The van der Waals surface area contributed by atoms with Gasteiger partial charge in [-0.05, 0) is 48.5 Å². The lowest BCUT2D eigenvalue weighted by Crippen LogP contribution is -2.20. The molecule has 2 aromatic heterocycles. The molecular formula is C24H23N5O4. The summed E-state index contributed by atoms with van der Waals surface area (Å²) in [5.74, 6) is 1.57. The summed E-state index contributed by atoms with van der Waals surface area (Å²) in [6.07, 6.45) is 3.10. The molecular weight excluding hydrogens is 422 g/mol. The van der Waals surface area contributed by atoms with Gasteiger partial charge < -0.3 is 19.2 Å². The van der Waals surface area contributed by atoms with Crippen molar-refractivity contribution in [1.82, 2.24) is 20.2 Å². The summed E-state index contributed by atoms with van der Waals surface area (Å²) in [6, 6.07) is 18.1. The second-order valence-electron chi connectivity index (χ2n) is 6.80. The molecule has 0 saturated carbocycles. The van der Waals surface area contributed by atoms with Gasteiger partial charge in [0.1, 0.15) is 23.0 Å². The average molecular weight is 445 g/mol. The second kappa shape index (κ2) is 10.3. The first-order valence-electron chi connectivity index (χ1n) is 10.5. The number of hydrogen-bond donors (Lipinski definition) is 1. The van der Waals surface area contributed by atoms with E-state index in [1.54, 1.807) is 36.4 Å². The van der Waals surface area contributed by atoms with Crippen LogP contribution in [0.1, 0.15) is 19.6 Å². The third-order valence-corrected chi connectivity index (χ3v) is 4.59. The van der Waals surface area contributed by atoms with Crippen LogP contribution in [-0.2, 0) is 4.79 Å². The topological polar surface area (TPSA) is 104 Å². The van der Waals surface area contributed by atoms with Crippen molar-refractivity contribution in [2.24, 2.45) is 0 Å². The van der Waals surface area contributed by atoms with Gasteiger partial charge in [-0.3, -0.25) is 4.79 Å². The van der Waals surface area contributed by atoms with E-state index < -0.39 is 5.91 Å². The minimum absolute atomic E-state index is 0.165. The predicted molar refractivity (Wildman–Crippen MR) is 124 cm³/mol. The van der Waals surface area contributed by atoms with Crippen molar-refractivity contribution in [1.29, 1.82) is 0 Å². The highest BCUT2D eigenvalue weighted by Crippen LogP contribution is 2.31. The first-order chi connectivity index (χ1) is 16.2. The molecule has 0 aliphatic rings.